The zero-order chi connectivity index (χ0) is 21.1. The Labute approximate surface area is 174 Å². The number of piperazine rings is 1. The fourth-order valence-corrected chi connectivity index (χ4v) is 3.55. The maximum atomic E-state index is 13.0. The van der Waals surface area contributed by atoms with Gasteiger partial charge in [-0.05, 0) is 31.2 Å². The van der Waals surface area contributed by atoms with Crippen molar-refractivity contribution in [3.05, 3.63) is 93.9 Å². The van der Waals surface area contributed by atoms with Crippen LogP contribution in [0.25, 0.3) is 5.69 Å². The number of aromatic nitrogens is 2. The molecule has 0 unspecified atom stereocenters. The molecule has 7 nitrogen and oxygen atoms in total. The van der Waals surface area contributed by atoms with Crippen LogP contribution in [-0.2, 0) is 0 Å². The molecule has 152 valence electrons. The first-order valence-corrected chi connectivity index (χ1v) is 9.84. The molecule has 2 heterocycles. The second kappa shape index (κ2) is 8.32. The van der Waals surface area contributed by atoms with Crippen molar-refractivity contribution in [1.82, 2.24) is 19.6 Å². The van der Waals surface area contributed by atoms with E-state index in [1.165, 1.54) is 6.07 Å². The minimum absolute atomic E-state index is 0.0532. The second-order valence-corrected chi connectivity index (χ2v) is 7.20. The smallest absolute Gasteiger partial charge is 0.278 e. The molecule has 0 saturated carbocycles. The maximum absolute atomic E-state index is 13.0. The SMILES string of the molecule is Cc1cc(=O)c(C(=O)N2CCN(C(=O)c3ccccc3)CC2)nn1-c1ccccc1. The second-order valence-electron chi connectivity index (χ2n) is 7.20. The van der Waals surface area contributed by atoms with Crippen LogP contribution in [0.4, 0.5) is 0 Å². The Hall–Kier alpha value is -3.74. The third-order valence-corrected chi connectivity index (χ3v) is 5.19. The minimum atomic E-state index is -0.406. The molecule has 0 radical (unpaired) electrons. The third kappa shape index (κ3) is 3.87. The van der Waals surface area contributed by atoms with Gasteiger partial charge in [-0.1, -0.05) is 36.4 Å². The summed E-state index contributed by atoms with van der Waals surface area (Å²) in [4.78, 5) is 41.4. The van der Waals surface area contributed by atoms with Crippen molar-refractivity contribution in [3.63, 3.8) is 0 Å². The summed E-state index contributed by atoms with van der Waals surface area (Å²) in [5.41, 5.74) is 1.56. The average molecular weight is 402 g/mol. The number of benzene rings is 2. The van der Waals surface area contributed by atoms with Crippen molar-refractivity contribution in [2.24, 2.45) is 0 Å². The molecule has 2 aromatic carbocycles. The first-order chi connectivity index (χ1) is 14.5. The Kier molecular flexibility index (Phi) is 5.43. The quantitative estimate of drug-likeness (QED) is 0.673. The van der Waals surface area contributed by atoms with E-state index in [2.05, 4.69) is 5.10 Å². The predicted molar refractivity (Wildman–Crippen MR) is 113 cm³/mol. The van der Waals surface area contributed by atoms with E-state index in [1.54, 1.807) is 33.5 Å². The Balaban J connectivity index is 1.51. The van der Waals surface area contributed by atoms with Crippen molar-refractivity contribution in [2.75, 3.05) is 26.2 Å². The number of nitrogens with zero attached hydrogens (tertiary/aromatic N) is 4. The van der Waals surface area contributed by atoms with Gasteiger partial charge in [-0.2, -0.15) is 5.10 Å². The fourth-order valence-electron chi connectivity index (χ4n) is 3.55. The molecule has 0 aliphatic carbocycles. The van der Waals surface area contributed by atoms with Crippen LogP contribution >= 0.6 is 0 Å². The number of aryl methyl sites for hydroxylation is 1. The largest absolute Gasteiger partial charge is 0.335 e. The highest BCUT2D eigenvalue weighted by molar-refractivity contribution is 5.95. The molecule has 3 aromatic rings. The van der Waals surface area contributed by atoms with Gasteiger partial charge in [0.25, 0.3) is 11.8 Å². The van der Waals surface area contributed by atoms with Crippen LogP contribution in [0, 0.1) is 6.92 Å². The van der Waals surface area contributed by atoms with E-state index in [-0.39, 0.29) is 11.6 Å². The van der Waals surface area contributed by atoms with E-state index >= 15 is 0 Å². The number of carbonyl (C=O) groups is 2. The standard InChI is InChI=1S/C23H22N4O3/c1-17-16-20(28)21(24-27(17)19-10-6-3-7-11-19)23(30)26-14-12-25(13-15-26)22(29)18-8-4-2-5-9-18/h2-11,16H,12-15H2,1H3. The van der Waals surface area contributed by atoms with E-state index in [0.717, 1.165) is 5.69 Å². The molecule has 0 N–H and O–H groups in total. The van der Waals surface area contributed by atoms with Gasteiger partial charge in [-0.15, -0.1) is 0 Å². The number of hydrogen-bond acceptors (Lipinski definition) is 4. The molecule has 0 atom stereocenters. The zero-order valence-electron chi connectivity index (χ0n) is 16.7. The number of amides is 2. The molecule has 7 heteroatoms. The van der Waals surface area contributed by atoms with Crippen LogP contribution in [0.5, 0.6) is 0 Å². The summed E-state index contributed by atoms with van der Waals surface area (Å²) in [6.07, 6.45) is 0. The number of rotatable bonds is 3. The van der Waals surface area contributed by atoms with Gasteiger partial charge in [-0.3, -0.25) is 14.4 Å². The molecule has 4 rings (SSSR count). The number of carbonyl (C=O) groups excluding carboxylic acids is 2. The molecule has 1 aliphatic heterocycles. The van der Waals surface area contributed by atoms with Gasteiger partial charge in [0, 0.05) is 43.5 Å². The molecule has 1 aliphatic rings. The lowest BCUT2D eigenvalue weighted by Crippen LogP contribution is -2.51. The highest BCUT2D eigenvalue weighted by Gasteiger charge is 2.28. The van der Waals surface area contributed by atoms with Gasteiger partial charge in [-0.25, -0.2) is 4.68 Å². The molecule has 1 saturated heterocycles. The van der Waals surface area contributed by atoms with Crippen LogP contribution in [0.15, 0.2) is 71.5 Å². The van der Waals surface area contributed by atoms with Crippen LogP contribution < -0.4 is 5.43 Å². The lowest BCUT2D eigenvalue weighted by atomic mass is 10.2. The summed E-state index contributed by atoms with van der Waals surface area (Å²) in [5.74, 6) is -0.459. The van der Waals surface area contributed by atoms with Crippen LogP contribution in [0.3, 0.4) is 0 Å². The normalized spacial score (nSPS) is 13.9. The molecule has 1 aromatic heterocycles. The van der Waals surface area contributed by atoms with Crippen molar-refractivity contribution in [3.8, 4) is 5.69 Å². The summed E-state index contributed by atoms with van der Waals surface area (Å²) in [6, 6.07) is 19.9. The molecule has 0 spiro atoms. The molecular weight excluding hydrogens is 380 g/mol. The lowest BCUT2D eigenvalue weighted by Gasteiger charge is -2.34. The third-order valence-electron chi connectivity index (χ3n) is 5.19. The van der Waals surface area contributed by atoms with Crippen LogP contribution in [0.1, 0.15) is 26.5 Å². The molecular formula is C23H22N4O3. The van der Waals surface area contributed by atoms with E-state index in [1.807, 2.05) is 48.5 Å². The van der Waals surface area contributed by atoms with Gasteiger partial charge in [0.2, 0.25) is 5.43 Å². The Morgan fingerprint density at radius 2 is 1.33 bits per heavy atom. The first kappa shape index (κ1) is 19.6. The van der Waals surface area contributed by atoms with Gasteiger partial charge in [0.1, 0.15) is 0 Å². The molecule has 30 heavy (non-hydrogen) atoms. The lowest BCUT2D eigenvalue weighted by molar-refractivity contribution is 0.0530. The fraction of sp³-hybridized carbons (Fsp3) is 0.217. The zero-order valence-corrected chi connectivity index (χ0v) is 16.7. The van der Waals surface area contributed by atoms with Crippen LogP contribution in [0.2, 0.25) is 0 Å². The highest BCUT2D eigenvalue weighted by Crippen LogP contribution is 2.12. The Morgan fingerprint density at radius 1 is 0.800 bits per heavy atom. The van der Waals surface area contributed by atoms with Gasteiger partial charge in [0.05, 0.1) is 5.69 Å². The van der Waals surface area contributed by atoms with Crippen LogP contribution in [-0.4, -0.2) is 57.6 Å². The minimum Gasteiger partial charge on any atom is -0.335 e. The summed E-state index contributed by atoms with van der Waals surface area (Å²) >= 11 is 0. The Morgan fingerprint density at radius 3 is 1.93 bits per heavy atom. The van der Waals surface area contributed by atoms with E-state index in [9.17, 15) is 14.4 Å². The van der Waals surface area contributed by atoms with Crippen molar-refractivity contribution < 1.29 is 9.59 Å². The summed E-state index contributed by atoms with van der Waals surface area (Å²) in [6.45, 7) is 3.33. The van der Waals surface area contributed by atoms with Gasteiger partial charge in [0.15, 0.2) is 5.69 Å². The van der Waals surface area contributed by atoms with Crippen molar-refractivity contribution >= 4 is 11.8 Å². The number of hydrogen-bond donors (Lipinski definition) is 0. The summed E-state index contributed by atoms with van der Waals surface area (Å²) in [7, 11) is 0. The summed E-state index contributed by atoms with van der Waals surface area (Å²) in [5, 5.41) is 4.35. The monoisotopic (exact) mass is 402 g/mol. The predicted octanol–water partition coefficient (Wildman–Crippen LogP) is 2.14. The average Bonchev–Trinajstić information content (AvgIpc) is 2.79. The van der Waals surface area contributed by atoms with Gasteiger partial charge >= 0.3 is 0 Å². The molecule has 2 amide bonds. The van der Waals surface area contributed by atoms with Gasteiger partial charge < -0.3 is 9.80 Å². The maximum Gasteiger partial charge on any atom is 0.278 e. The van der Waals surface area contributed by atoms with E-state index in [0.29, 0.717) is 37.4 Å². The Bertz CT molecular complexity index is 1120. The molecule has 0 bridgehead atoms. The molecule has 1 fully saturated rings. The topological polar surface area (TPSA) is 75.5 Å². The first-order valence-electron chi connectivity index (χ1n) is 9.84. The van der Waals surface area contributed by atoms with E-state index in [4.69, 9.17) is 0 Å². The van der Waals surface area contributed by atoms with Crippen molar-refractivity contribution in [1.29, 1.82) is 0 Å². The number of para-hydroxylation sites is 1. The van der Waals surface area contributed by atoms with Crippen molar-refractivity contribution in [2.45, 2.75) is 6.92 Å². The summed E-state index contributed by atoms with van der Waals surface area (Å²) < 4.78 is 1.60. The highest BCUT2D eigenvalue weighted by atomic mass is 16.2. The van der Waals surface area contributed by atoms with E-state index < -0.39 is 11.3 Å².